The van der Waals surface area contributed by atoms with E-state index in [1.54, 1.807) is 0 Å². The van der Waals surface area contributed by atoms with Gasteiger partial charge in [-0.3, -0.25) is 4.79 Å². The Balaban J connectivity index is 2.97. The minimum atomic E-state index is -0.251. The first-order valence-electron chi connectivity index (χ1n) is 3.14. The van der Waals surface area contributed by atoms with Gasteiger partial charge in [-0.1, -0.05) is 35.9 Å². The molecule has 0 aliphatic rings. The number of amides is 1. The zero-order valence-electron chi connectivity index (χ0n) is 5.61. The number of halogens is 1. The van der Waals surface area contributed by atoms with Crippen LogP contribution in [0.15, 0.2) is 0 Å². The molecule has 0 rings (SSSR count). The fourth-order valence-electron chi connectivity index (χ4n) is 0.452. The van der Waals surface area contributed by atoms with Crippen LogP contribution in [-0.4, -0.2) is 20.0 Å². The number of rotatable bonds is 4. The minimum Gasteiger partial charge on any atom is -0.387 e. The van der Waals surface area contributed by atoms with Crippen LogP contribution in [0, 0.1) is 0 Å². The van der Waals surface area contributed by atoms with Crippen molar-refractivity contribution in [1.29, 1.82) is 0 Å². The molecule has 0 radical (unpaired) electrons. The topological polar surface area (TPSA) is 29.1 Å². The van der Waals surface area contributed by atoms with Crippen molar-refractivity contribution in [2.45, 2.75) is 19.4 Å². The van der Waals surface area contributed by atoms with Crippen LogP contribution >= 0.6 is 22.6 Å². The molecule has 4 heteroatoms. The Bertz CT molecular complexity index is 89.0. The van der Waals surface area contributed by atoms with Gasteiger partial charge in [-0.15, -0.1) is 0 Å². The molecule has 54 valence electrons. The normalized spacial score (nSPS) is 10.4. The molecule has 0 saturated carbocycles. The molecule has 0 aromatic rings. The summed E-state index contributed by atoms with van der Waals surface area (Å²) in [6.07, 6.45) is 1.20. The highest BCUT2D eigenvalue weighted by atomic mass is 127. The second-order valence-electron chi connectivity index (χ2n) is 1.84. The maximum absolute atomic E-state index is 10.6. The van der Waals surface area contributed by atoms with Crippen LogP contribution in [-0.2, 0) is 4.79 Å². The minimum absolute atomic E-state index is 0.204. The first-order chi connectivity index (χ1) is 4.31. The van der Waals surface area contributed by atoms with Gasteiger partial charge in [0.1, 0.15) is 9.68 Å². The van der Waals surface area contributed by atoms with E-state index in [2.05, 4.69) is 34.5 Å². The Morgan fingerprint density at radius 2 is 2.44 bits per heavy atom. The molecule has 0 atom stereocenters. The summed E-state index contributed by atoms with van der Waals surface area (Å²) in [5.74, 6) is 0.204. The van der Waals surface area contributed by atoms with E-state index in [9.17, 15) is 4.79 Å². The van der Waals surface area contributed by atoms with Crippen molar-refractivity contribution in [3.8, 4) is 0 Å². The van der Waals surface area contributed by atoms with Gasteiger partial charge < -0.3 is 4.98 Å². The van der Waals surface area contributed by atoms with Crippen molar-refractivity contribution < 1.29 is 4.79 Å². The molecule has 1 amide bonds. The van der Waals surface area contributed by atoms with E-state index in [0.717, 1.165) is 0 Å². The molecule has 2 nitrogen and oxygen atoms in total. The molecule has 0 aliphatic carbocycles. The highest BCUT2D eigenvalue weighted by Gasteiger charge is 1.93. The molecule has 0 aromatic carbocycles. The number of nitrogens with one attached hydrogen (secondary N) is 1. The quantitative estimate of drug-likeness (QED) is 0.337. The van der Waals surface area contributed by atoms with E-state index in [0.29, 0.717) is 4.43 Å². The summed E-state index contributed by atoms with van der Waals surface area (Å²) < 4.78 is 0.606. The molecule has 0 spiro atoms. The van der Waals surface area contributed by atoms with Crippen molar-refractivity contribution in [3.63, 3.8) is 0 Å². The zero-order valence-corrected chi connectivity index (χ0v) is 9.19. The predicted octanol–water partition coefficient (Wildman–Crippen LogP) is 0.450. The van der Waals surface area contributed by atoms with Gasteiger partial charge >= 0.3 is 0 Å². The second-order valence-corrected chi connectivity index (χ2v) is 4.16. The van der Waals surface area contributed by atoms with E-state index in [4.69, 9.17) is 0 Å². The Hall–Kier alpha value is 0.417. The summed E-state index contributed by atoms with van der Waals surface area (Å²) in [5, 5.41) is 0. The standard InChI is InChI=1S/C5H12INOSi/c1-2-3-9-7-5(8)4-6/h2-4,9H2,1H3,(H,7,8). The lowest BCUT2D eigenvalue weighted by atomic mass is 10.6. The van der Waals surface area contributed by atoms with Crippen molar-refractivity contribution in [2.75, 3.05) is 4.43 Å². The van der Waals surface area contributed by atoms with E-state index in [1.807, 2.05) is 0 Å². The van der Waals surface area contributed by atoms with Crippen molar-refractivity contribution in [1.82, 2.24) is 4.98 Å². The third-order valence-corrected chi connectivity index (χ3v) is 3.37. The van der Waals surface area contributed by atoms with Crippen LogP contribution in [0.2, 0.25) is 6.04 Å². The molecule has 0 bridgehead atoms. The maximum Gasteiger partial charge on any atom is 0.221 e. The van der Waals surface area contributed by atoms with Crippen LogP contribution in [0.4, 0.5) is 0 Å². The highest BCUT2D eigenvalue weighted by Crippen LogP contribution is 1.83. The largest absolute Gasteiger partial charge is 0.387 e. The van der Waals surface area contributed by atoms with Crippen LogP contribution < -0.4 is 4.98 Å². The van der Waals surface area contributed by atoms with E-state index in [-0.39, 0.29) is 15.6 Å². The van der Waals surface area contributed by atoms with Crippen molar-refractivity contribution in [2.24, 2.45) is 0 Å². The summed E-state index contributed by atoms with van der Waals surface area (Å²) in [6.45, 7) is 2.14. The third kappa shape index (κ3) is 6.30. The van der Waals surface area contributed by atoms with Gasteiger partial charge in [-0.05, 0) is 6.04 Å². The molecule has 0 unspecified atom stereocenters. The lowest BCUT2D eigenvalue weighted by Crippen LogP contribution is -2.27. The van der Waals surface area contributed by atoms with Gasteiger partial charge in [0.25, 0.3) is 0 Å². The number of carbonyl (C=O) groups excluding carboxylic acids is 1. The van der Waals surface area contributed by atoms with E-state index < -0.39 is 0 Å². The molecule has 0 aliphatic heterocycles. The summed E-state index contributed by atoms with van der Waals surface area (Å²) in [5.41, 5.74) is 0. The third-order valence-electron chi connectivity index (χ3n) is 0.974. The first-order valence-corrected chi connectivity index (χ1v) is 6.37. The van der Waals surface area contributed by atoms with Crippen molar-refractivity contribution in [3.05, 3.63) is 0 Å². The maximum atomic E-state index is 10.6. The zero-order chi connectivity index (χ0) is 7.11. The number of hydrogen-bond donors (Lipinski definition) is 1. The Kier molecular flexibility index (Phi) is 6.84. The predicted molar refractivity (Wildman–Crippen MR) is 50.7 cm³/mol. The molecule has 0 aromatic heterocycles. The highest BCUT2D eigenvalue weighted by molar-refractivity contribution is 14.1. The molecule has 9 heavy (non-hydrogen) atoms. The molecular weight excluding hydrogens is 245 g/mol. The Labute approximate surface area is 71.8 Å². The molecule has 1 N–H and O–H groups in total. The van der Waals surface area contributed by atoms with Gasteiger partial charge in [0.05, 0.1) is 4.43 Å². The van der Waals surface area contributed by atoms with Gasteiger partial charge in [0.2, 0.25) is 5.91 Å². The Morgan fingerprint density at radius 3 is 2.89 bits per heavy atom. The van der Waals surface area contributed by atoms with E-state index in [1.165, 1.54) is 12.5 Å². The summed E-state index contributed by atoms with van der Waals surface area (Å²) >= 11 is 2.08. The number of carbonyl (C=O) groups is 1. The SMILES string of the molecule is CCC[SiH2]NC(=O)CI. The van der Waals surface area contributed by atoms with Crippen LogP contribution in [0.25, 0.3) is 0 Å². The van der Waals surface area contributed by atoms with E-state index >= 15 is 0 Å². The molecule has 0 fully saturated rings. The van der Waals surface area contributed by atoms with Gasteiger partial charge in [0.15, 0.2) is 0 Å². The van der Waals surface area contributed by atoms with Crippen molar-refractivity contribution >= 4 is 38.2 Å². The van der Waals surface area contributed by atoms with Crippen LogP contribution in [0.1, 0.15) is 13.3 Å². The van der Waals surface area contributed by atoms with Gasteiger partial charge in [-0.2, -0.15) is 0 Å². The van der Waals surface area contributed by atoms with Crippen LogP contribution in [0.3, 0.4) is 0 Å². The first kappa shape index (κ1) is 9.42. The van der Waals surface area contributed by atoms with Crippen LogP contribution in [0.5, 0.6) is 0 Å². The average Bonchev–Trinajstić information content (AvgIpc) is 1.89. The number of hydrogen-bond acceptors (Lipinski definition) is 1. The lowest BCUT2D eigenvalue weighted by molar-refractivity contribution is -0.116. The average molecular weight is 257 g/mol. The Morgan fingerprint density at radius 1 is 1.78 bits per heavy atom. The summed E-state index contributed by atoms with van der Waals surface area (Å²) in [7, 11) is -0.251. The number of alkyl halides is 1. The summed E-state index contributed by atoms with van der Waals surface area (Å²) in [4.78, 5) is 13.5. The monoisotopic (exact) mass is 257 g/mol. The summed E-state index contributed by atoms with van der Waals surface area (Å²) in [6, 6.07) is 1.22. The smallest absolute Gasteiger partial charge is 0.221 e. The van der Waals surface area contributed by atoms with Gasteiger partial charge in [0, 0.05) is 0 Å². The van der Waals surface area contributed by atoms with Gasteiger partial charge in [-0.25, -0.2) is 0 Å². The second kappa shape index (κ2) is 6.54. The molecule has 0 saturated heterocycles. The fourth-order valence-corrected chi connectivity index (χ4v) is 2.16. The molecule has 0 heterocycles. The fraction of sp³-hybridized carbons (Fsp3) is 0.800. The molecular formula is C5H12INOSi. The lowest BCUT2D eigenvalue weighted by Gasteiger charge is -1.97.